The van der Waals surface area contributed by atoms with Gasteiger partial charge in [0.2, 0.25) is 5.54 Å². The van der Waals surface area contributed by atoms with Gasteiger partial charge in [-0.3, -0.25) is 15.1 Å². The van der Waals surface area contributed by atoms with Gasteiger partial charge in [0.15, 0.2) is 0 Å². The van der Waals surface area contributed by atoms with E-state index in [1.165, 1.54) is 0 Å². The molecule has 7 nitrogen and oxygen atoms in total. The van der Waals surface area contributed by atoms with Gasteiger partial charge in [-0.2, -0.15) is 0 Å². The minimum atomic E-state index is -1.40. The number of aromatic nitrogens is 1. The Balaban J connectivity index is 1.47. The third kappa shape index (κ3) is 3.32. The van der Waals surface area contributed by atoms with Gasteiger partial charge in [0.05, 0.1) is 19.2 Å². The number of para-hydroxylation sites is 1. The average molecular weight is 424 g/mol. The number of carbonyl (C=O) groups is 2. The first-order valence-corrected chi connectivity index (χ1v) is 10.1. The molecule has 0 radical (unpaired) electrons. The topological polar surface area (TPSA) is 83.6 Å². The Morgan fingerprint density at radius 1 is 1.22 bits per heavy atom. The van der Waals surface area contributed by atoms with Gasteiger partial charge < -0.3 is 15.0 Å². The van der Waals surface area contributed by atoms with E-state index in [9.17, 15) is 9.59 Å². The van der Waals surface area contributed by atoms with Crippen LogP contribution in [0.1, 0.15) is 16.7 Å². The summed E-state index contributed by atoms with van der Waals surface area (Å²) in [5, 5.41) is 5.99. The van der Waals surface area contributed by atoms with Crippen molar-refractivity contribution in [2.45, 2.75) is 12.1 Å². The highest BCUT2D eigenvalue weighted by Gasteiger charge is 2.47. The summed E-state index contributed by atoms with van der Waals surface area (Å²) in [6.45, 7) is 4.91. The Labute approximate surface area is 185 Å². The quantitative estimate of drug-likeness (QED) is 0.499. The van der Waals surface area contributed by atoms with Gasteiger partial charge in [-0.15, -0.1) is 0 Å². The molecule has 0 unspecified atom stereocenters. The summed E-state index contributed by atoms with van der Waals surface area (Å²) in [6, 6.07) is 14.9. The van der Waals surface area contributed by atoms with Gasteiger partial charge in [-0.1, -0.05) is 42.7 Å². The van der Waals surface area contributed by atoms with Crippen LogP contribution in [0.15, 0.2) is 61.3 Å². The average Bonchev–Trinajstić information content (AvgIpc) is 3.26. The molecule has 3 heterocycles. The lowest BCUT2D eigenvalue weighted by molar-refractivity contribution is -0.122. The number of hydrogen-bond donors (Lipinski definition) is 2. The van der Waals surface area contributed by atoms with Gasteiger partial charge in [-0.05, 0) is 29.8 Å². The van der Waals surface area contributed by atoms with Crippen molar-refractivity contribution in [2.24, 2.45) is 0 Å². The molecule has 1 aromatic heterocycles. The highest BCUT2D eigenvalue weighted by molar-refractivity contribution is 6.09. The summed E-state index contributed by atoms with van der Waals surface area (Å²) in [5.74, 6) is 6.30. The molecule has 0 spiro atoms. The molecule has 0 saturated carbocycles. The Morgan fingerprint density at radius 2 is 2.06 bits per heavy atom. The third-order valence-electron chi connectivity index (χ3n) is 5.75. The molecule has 1 fully saturated rings. The predicted molar refractivity (Wildman–Crippen MR) is 120 cm³/mol. The maximum Gasteiger partial charge on any atom is 0.323 e. The number of rotatable bonds is 3. The normalized spacial score (nSPS) is 19.3. The standard InChI is InChI=1S/C25H20N4O3/c1-16-21-12-20(32-2)8-7-19(21)14-29(16)15-25(23(30)27-24(31)28-25)10-9-17-11-18-5-3-4-6-22(18)26-13-17/h3-8,11-13H,1,14-15H2,2H3,(H2,27,28,30,31)/t25-/m1/s1. The Kier molecular flexibility index (Phi) is 4.56. The molecule has 2 N–H and O–H groups in total. The first-order chi connectivity index (χ1) is 15.5. The van der Waals surface area contributed by atoms with Crippen molar-refractivity contribution in [1.29, 1.82) is 0 Å². The molecule has 3 amide bonds. The van der Waals surface area contributed by atoms with Gasteiger partial charge in [0.25, 0.3) is 5.91 Å². The van der Waals surface area contributed by atoms with Crippen LogP contribution in [0.5, 0.6) is 5.75 Å². The Bertz CT molecular complexity index is 1350. The lowest BCUT2D eigenvalue weighted by Gasteiger charge is -2.28. The molecule has 1 saturated heterocycles. The second-order valence-corrected chi connectivity index (χ2v) is 7.81. The van der Waals surface area contributed by atoms with Crippen molar-refractivity contribution in [3.8, 4) is 17.6 Å². The van der Waals surface area contributed by atoms with Crippen LogP contribution in [0.25, 0.3) is 16.6 Å². The highest BCUT2D eigenvalue weighted by Crippen LogP contribution is 2.35. The number of methoxy groups -OCH3 is 1. The van der Waals surface area contributed by atoms with E-state index in [-0.39, 0.29) is 6.54 Å². The van der Waals surface area contributed by atoms with Crippen LogP contribution in [0.3, 0.4) is 0 Å². The second-order valence-electron chi connectivity index (χ2n) is 7.81. The maximum atomic E-state index is 12.8. The van der Waals surface area contributed by atoms with E-state index >= 15 is 0 Å². The lowest BCUT2D eigenvalue weighted by atomic mass is 9.99. The largest absolute Gasteiger partial charge is 0.497 e. The van der Waals surface area contributed by atoms with Crippen LogP contribution in [0, 0.1) is 11.8 Å². The van der Waals surface area contributed by atoms with Crippen molar-refractivity contribution < 1.29 is 14.3 Å². The molecular formula is C25H20N4O3. The molecule has 0 aliphatic carbocycles. The first-order valence-electron chi connectivity index (χ1n) is 10.1. The zero-order chi connectivity index (χ0) is 22.3. The smallest absolute Gasteiger partial charge is 0.323 e. The van der Waals surface area contributed by atoms with Crippen LogP contribution < -0.4 is 15.4 Å². The van der Waals surface area contributed by atoms with Gasteiger partial charge in [0, 0.05) is 35.0 Å². The van der Waals surface area contributed by atoms with Crippen LogP contribution in [-0.2, 0) is 11.3 Å². The molecule has 2 aromatic carbocycles. The van der Waals surface area contributed by atoms with Crippen LogP contribution in [0.4, 0.5) is 4.79 Å². The number of ether oxygens (including phenoxy) is 1. The molecule has 5 rings (SSSR count). The third-order valence-corrected chi connectivity index (χ3v) is 5.75. The van der Waals surface area contributed by atoms with Crippen molar-refractivity contribution >= 4 is 28.5 Å². The van der Waals surface area contributed by atoms with E-state index < -0.39 is 17.5 Å². The van der Waals surface area contributed by atoms with E-state index in [4.69, 9.17) is 4.74 Å². The van der Waals surface area contributed by atoms with Crippen molar-refractivity contribution in [2.75, 3.05) is 13.7 Å². The van der Waals surface area contributed by atoms with Crippen molar-refractivity contribution in [1.82, 2.24) is 20.5 Å². The molecule has 7 heteroatoms. The number of hydrogen-bond acceptors (Lipinski definition) is 5. The van der Waals surface area contributed by atoms with Crippen LogP contribution in [-0.4, -0.2) is 41.0 Å². The minimum absolute atomic E-state index is 0.161. The number of pyridine rings is 1. The van der Waals surface area contributed by atoms with Crippen LogP contribution >= 0.6 is 0 Å². The maximum absolute atomic E-state index is 12.8. The fourth-order valence-corrected chi connectivity index (χ4v) is 4.05. The SMILES string of the molecule is C=C1c2cc(OC)ccc2CN1C[C@@]1(C#Cc2cnc3ccccc3c2)NC(=O)NC1=O. The summed E-state index contributed by atoms with van der Waals surface area (Å²) < 4.78 is 5.32. The van der Waals surface area contributed by atoms with E-state index in [0.29, 0.717) is 12.1 Å². The number of urea groups is 1. The molecular weight excluding hydrogens is 404 g/mol. The summed E-state index contributed by atoms with van der Waals surface area (Å²) >= 11 is 0. The van der Waals surface area contributed by atoms with E-state index in [1.54, 1.807) is 13.3 Å². The number of imide groups is 1. The molecule has 2 aliphatic rings. The zero-order valence-electron chi connectivity index (χ0n) is 17.4. The number of carbonyl (C=O) groups excluding carboxylic acids is 2. The summed E-state index contributed by atoms with van der Waals surface area (Å²) in [7, 11) is 1.61. The summed E-state index contributed by atoms with van der Waals surface area (Å²) in [6.07, 6.45) is 1.66. The predicted octanol–water partition coefficient (Wildman–Crippen LogP) is 2.66. The fraction of sp³-hybridized carbons (Fsp3) is 0.160. The van der Waals surface area contributed by atoms with Gasteiger partial charge in [-0.25, -0.2) is 4.79 Å². The molecule has 32 heavy (non-hydrogen) atoms. The molecule has 3 aromatic rings. The lowest BCUT2D eigenvalue weighted by Crippen LogP contribution is -2.53. The number of amides is 3. The van der Waals surface area contributed by atoms with Crippen molar-refractivity contribution in [3.05, 3.63) is 78.0 Å². The van der Waals surface area contributed by atoms with E-state index in [0.717, 1.165) is 33.5 Å². The van der Waals surface area contributed by atoms with Gasteiger partial charge >= 0.3 is 6.03 Å². The molecule has 2 aliphatic heterocycles. The molecule has 1 atom stereocenters. The summed E-state index contributed by atoms with van der Waals surface area (Å²) in [5.41, 5.74) is 2.89. The fourth-order valence-electron chi connectivity index (χ4n) is 4.05. The van der Waals surface area contributed by atoms with E-state index in [1.807, 2.05) is 53.4 Å². The number of nitrogens with zero attached hydrogens (tertiary/aromatic N) is 2. The number of fused-ring (bicyclic) bond motifs is 2. The minimum Gasteiger partial charge on any atom is -0.497 e. The Morgan fingerprint density at radius 3 is 2.84 bits per heavy atom. The molecule has 158 valence electrons. The van der Waals surface area contributed by atoms with E-state index in [2.05, 4.69) is 34.0 Å². The monoisotopic (exact) mass is 424 g/mol. The van der Waals surface area contributed by atoms with Crippen molar-refractivity contribution in [3.63, 3.8) is 0 Å². The highest BCUT2D eigenvalue weighted by atomic mass is 16.5. The second kappa shape index (κ2) is 7.43. The number of nitrogens with one attached hydrogen (secondary N) is 2. The Hall–Kier alpha value is -4.31. The molecule has 0 bridgehead atoms. The summed E-state index contributed by atoms with van der Waals surface area (Å²) in [4.78, 5) is 31.2. The number of benzene rings is 2. The zero-order valence-corrected chi connectivity index (χ0v) is 17.4. The van der Waals surface area contributed by atoms with Crippen LogP contribution in [0.2, 0.25) is 0 Å². The first kappa shape index (κ1) is 19.6. The van der Waals surface area contributed by atoms with Gasteiger partial charge in [0.1, 0.15) is 5.75 Å².